The average molecular weight is 328 g/mol. The maximum absolute atomic E-state index is 10.7. The molecular formula is C14H22ClN5O2. The predicted octanol–water partition coefficient (Wildman–Crippen LogP) is 3.28. The largest absolute Gasteiger partial charge is 0.361 e. The van der Waals surface area contributed by atoms with E-state index in [1.165, 1.54) is 25.7 Å². The average Bonchev–Trinajstić information content (AvgIpc) is 3.13. The minimum atomic E-state index is -0.506. The van der Waals surface area contributed by atoms with E-state index in [1.807, 2.05) is 0 Å². The summed E-state index contributed by atoms with van der Waals surface area (Å²) in [5.74, 6) is 0.219. The van der Waals surface area contributed by atoms with Crippen molar-refractivity contribution >= 4 is 23.1 Å². The van der Waals surface area contributed by atoms with Gasteiger partial charge in [0.25, 0.3) is 0 Å². The molecule has 8 heteroatoms. The van der Waals surface area contributed by atoms with Crippen molar-refractivity contribution in [2.75, 3.05) is 5.32 Å². The van der Waals surface area contributed by atoms with Gasteiger partial charge in [-0.25, -0.2) is 4.98 Å². The van der Waals surface area contributed by atoms with Crippen LogP contribution in [0.4, 0.5) is 11.5 Å². The lowest BCUT2D eigenvalue weighted by Gasteiger charge is -2.12. The third-order valence-electron chi connectivity index (χ3n) is 4.03. The Morgan fingerprint density at radius 3 is 2.32 bits per heavy atom. The summed E-state index contributed by atoms with van der Waals surface area (Å²) in [6, 6.07) is 0.801. The molecule has 0 aromatic carbocycles. The van der Waals surface area contributed by atoms with Crippen LogP contribution in [0.2, 0.25) is 5.28 Å². The monoisotopic (exact) mass is 327 g/mol. The van der Waals surface area contributed by atoms with Gasteiger partial charge in [-0.3, -0.25) is 10.1 Å². The molecule has 1 aromatic rings. The van der Waals surface area contributed by atoms with E-state index < -0.39 is 4.92 Å². The Kier molecular flexibility index (Phi) is 6.33. The second-order valence-electron chi connectivity index (χ2n) is 5.80. The van der Waals surface area contributed by atoms with E-state index in [4.69, 9.17) is 17.3 Å². The first kappa shape index (κ1) is 16.9. The standard InChI is InChI=1S/C9H11ClN4O2.C5H11N/c10-9-11-5-7(14(15)16)8(13-9)12-6-3-1-2-4-6;6-5-3-1-2-4-5/h5-6H,1-4H2,(H,11,12,13);5H,1-4,6H2. The van der Waals surface area contributed by atoms with Gasteiger partial charge in [0.2, 0.25) is 11.1 Å². The highest BCUT2D eigenvalue weighted by Gasteiger charge is 2.22. The van der Waals surface area contributed by atoms with E-state index in [-0.39, 0.29) is 22.8 Å². The molecule has 0 bridgehead atoms. The molecule has 0 unspecified atom stereocenters. The minimum Gasteiger partial charge on any atom is -0.361 e. The predicted molar refractivity (Wildman–Crippen MR) is 86.0 cm³/mol. The molecule has 0 aliphatic heterocycles. The van der Waals surface area contributed by atoms with Crippen molar-refractivity contribution in [2.24, 2.45) is 5.73 Å². The molecule has 2 aliphatic rings. The Hall–Kier alpha value is -1.47. The number of nitrogens with one attached hydrogen (secondary N) is 1. The first-order valence-corrected chi connectivity index (χ1v) is 8.13. The Morgan fingerprint density at radius 1 is 1.23 bits per heavy atom. The quantitative estimate of drug-likeness (QED) is 0.501. The second-order valence-corrected chi connectivity index (χ2v) is 6.14. The van der Waals surface area contributed by atoms with Gasteiger partial charge in [-0.1, -0.05) is 25.7 Å². The fourth-order valence-electron chi connectivity index (χ4n) is 2.81. The number of nitro groups is 1. The molecule has 2 aliphatic carbocycles. The van der Waals surface area contributed by atoms with Crippen molar-refractivity contribution in [3.63, 3.8) is 0 Å². The van der Waals surface area contributed by atoms with Crippen LogP contribution in [0.5, 0.6) is 0 Å². The summed E-state index contributed by atoms with van der Waals surface area (Å²) in [6.45, 7) is 0. The number of rotatable bonds is 3. The number of hydrogen-bond acceptors (Lipinski definition) is 6. The molecule has 0 amide bonds. The topological polar surface area (TPSA) is 107 Å². The fourth-order valence-corrected chi connectivity index (χ4v) is 2.95. The van der Waals surface area contributed by atoms with Gasteiger partial charge in [-0.05, 0) is 37.3 Å². The zero-order valence-electron chi connectivity index (χ0n) is 12.5. The van der Waals surface area contributed by atoms with Crippen molar-refractivity contribution < 1.29 is 4.92 Å². The zero-order valence-corrected chi connectivity index (χ0v) is 13.3. The Morgan fingerprint density at radius 2 is 1.82 bits per heavy atom. The van der Waals surface area contributed by atoms with E-state index in [2.05, 4.69) is 15.3 Å². The maximum atomic E-state index is 10.7. The molecule has 3 rings (SSSR count). The molecule has 2 fully saturated rings. The summed E-state index contributed by atoms with van der Waals surface area (Å²) in [5, 5.41) is 13.8. The number of nitrogens with zero attached hydrogens (tertiary/aromatic N) is 3. The third-order valence-corrected chi connectivity index (χ3v) is 4.21. The van der Waals surface area contributed by atoms with Crippen LogP contribution >= 0.6 is 11.6 Å². The number of halogens is 1. The number of anilines is 1. The summed E-state index contributed by atoms with van der Waals surface area (Å²) >= 11 is 5.62. The van der Waals surface area contributed by atoms with Gasteiger partial charge in [0.05, 0.1) is 4.92 Å². The molecule has 0 saturated heterocycles. The van der Waals surface area contributed by atoms with Gasteiger partial charge < -0.3 is 11.1 Å². The molecule has 0 radical (unpaired) electrons. The summed E-state index contributed by atoms with van der Waals surface area (Å²) in [5.41, 5.74) is 5.41. The fraction of sp³-hybridized carbons (Fsp3) is 0.714. The van der Waals surface area contributed by atoms with Gasteiger partial charge in [0.15, 0.2) is 0 Å². The van der Waals surface area contributed by atoms with Crippen LogP contribution in [0.3, 0.4) is 0 Å². The lowest BCUT2D eigenvalue weighted by atomic mass is 10.2. The zero-order chi connectivity index (χ0) is 15.9. The van der Waals surface area contributed by atoms with Crippen LogP contribution in [0.25, 0.3) is 0 Å². The van der Waals surface area contributed by atoms with Crippen molar-refractivity contribution in [1.29, 1.82) is 0 Å². The molecule has 2 saturated carbocycles. The summed E-state index contributed by atoms with van der Waals surface area (Å²) in [6.07, 6.45) is 10.7. The summed E-state index contributed by atoms with van der Waals surface area (Å²) in [7, 11) is 0. The number of aromatic nitrogens is 2. The smallest absolute Gasteiger partial charge is 0.329 e. The van der Waals surface area contributed by atoms with Crippen LogP contribution in [0.15, 0.2) is 6.20 Å². The molecule has 22 heavy (non-hydrogen) atoms. The lowest BCUT2D eigenvalue weighted by Crippen LogP contribution is -2.17. The highest BCUT2D eigenvalue weighted by atomic mass is 35.5. The first-order chi connectivity index (χ1) is 10.6. The maximum Gasteiger partial charge on any atom is 0.329 e. The number of nitrogens with two attached hydrogens (primary N) is 1. The Labute approximate surface area is 134 Å². The highest BCUT2D eigenvalue weighted by Crippen LogP contribution is 2.27. The van der Waals surface area contributed by atoms with E-state index in [0.29, 0.717) is 6.04 Å². The van der Waals surface area contributed by atoms with Gasteiger partial charge in [0, 0.05) is 12.1 Å². The third kappa shape index (κ3) is 5.06. The van der Waals surface area contributed by atoms with E-state index in [1.54, 1.807) is 0 Å². The SMILES string of the molecule is NC1CCCC1.O=[N+]([O-])c1cnc(Cl)nc1NC1CCCC1. The first-order valence-electron chi connectivity index (χ1n) is 7.75. The van der Waals surface area contributed by atoms with Crippen LogP contribution in [-0.4, -0.2) is 27.0 Å². The lowest BCUT2D eigenvalue weighted by molar-refractivity contribution is -0.384. The molecular weight excluding hydrogens is 306 g/mol. The van der Waals surface area contributed by atoms with Crippen LogP contribution in [0, 0.1) is 10.1 Å². The Bertz CT molecular complexity index is 502. The Balaban J connectivity index is 0.000000246. The molecule has 3 N–H and O–H groups in total. The van der Waals surface area contributed by atoms with Crippen molar-refractivity contribution in [3.8, 4) is 0 Å². The number of hydrogen-bond donors (Lipinski definition) is 2. The summed E-state index contributed by atoms with van der Waals surface area (Å²) < 4.78 is 0. The van der Waals surface area contributed by atoms with Gasteiger partial charge >= 0.3 is 5.69 Å². The second kappa shape index (κ2) is 8.24. The molecule has 7 nitrogen and oxygen atoms in total. The van der Waals surface area contributed by atoms with Gasteiger partial charge in [-0.15, -0.1) is 0 Å². The molecule has 0 atom stereocenters. The van der Waals surface area contributed by atoms with Crippen LogP contribution in [-0.2, 0) is 0 Å². The van der Waals surface area contributed by atoms with Crippen molar-refractivity contribution in [3.05, 3.63) is 21.6 Å². The van der Waals surface area contributed by atoms with Crippen molar-refractivity contribution in [2.45, 2.75) is 63.5 Å². The van der Waals surface area contributed by atoms with Crippen LogP contribution < -0.4 is 11.1 Å². The molecule has 122 valence electrons. The van der Waals surface area contributed by atoms with Crippen LogP contribution in [0.1, 0.15) is 51.4 Å². The molecule has 1 heterocycles. The normalized spacial score (nSPS) is 18.8. The summed E-state index contributed by atoms with van der Waals surface area (Å²) in [4.78, 5) is 17.7. The van der Waals surface area contributed by atoms with Crippen molar-refractivity contribution in [1.82, 2.24) is 9.97 Å². The highest BCUT2D eigenvalue weighted by molar-refractivity contribution is 6.28. The molecule has 1 aromatic heterocycles. The van der Waals surface area contributed by atoms with E-state index >= 15 is 0 Å². The van der Waals surface area contributed by atoms with Gasteiger partial charge in [0.1, 0.15) is 6.20 Å². The molecule has 0 spiro atoms. The minimum absolute atomic E-state index is 0.0195. The van der Waals surface area contributed by atoms with E-state index in [9.17, 15) is 10.1 Å². The van der Waals surface area contributed by atoms with E-state index in [0.717, 1.165) is 31.9 Å². The van der Waals surface area contributed by atoms with Gasteiger partial charge in [-0.2, -0.15) is 4.98 Å².